The highest BCUT2D eigenvalue weighted by Gasteiger charge is 2.19. The van der Waals surface area contributed by atoms with Crippen molar-refractivity contribution in [2.75, 3.05) is 4.72 Å². The topological polar surface area (TPSA) is 110 Å². The second kappa shape index (κ2) is 6.64. The van der Waals surface area contributed by atoms with E-state index in [4.69, 9.17) is 9.52 Å². The minimum absolute atomic E-state index is 0.0765. The van der Waals surface area contributed by atoms with Crippen LogP contribution in [0.15, 0.2) is 58.0 Å². The molecule has 0 aliphatic carbocycles. The SMILES string of the molecule is Cc1ncc(-c2ccc(NS(=O)(=O)c3cc(C(=O)O)ccc3C)cc2)o1. The Morgan fingerprint density at radius 1 is 1.12 bits per heavy atom. The van der Waals surface area contributed by atoms with Crippen molar-refractivity contribution in [2.45, 2.75) is 18.7 Å². The molecule has 26 heavy (non-hydrogen) atoms. The third-order valence-corrected chi connectivity index (χ3v) is 5.29. The Kier molecular flexibility index (Phi) is 4.52. The van der Waals surface area contributed by atoms with Gasteiger partial charge >= 0.3 is 5.97 Å². The summed E-state index contributed by atoms with van der Waals surface area (Å²) < 4.78 is 33.1. The van der Waals surface area contributed by atoms with E-state index in [9.17, 15) is 13.2 Å². The molecule has 0 aliphatic heterocycles. The van der Waals surface area contributed by atoms with Crippen LogP contribution in [0, 0.1) is 13.8 Å². The van der Waals surface area contributed by atoms with Gasteiger partial charge in [-0.1, -0.05) is 6.07 Å². The first-order valence-electron chi connectivity index (χ1n) is 7.66. The van der Waals surface area contributed by atoms with Gasteiger partial charge in [-0.2, -0.15) is 0 Å². The summed E-state index contributed by atoms with van der Waals surface area (Å²) in [5.41, 5.74) is 1.48. The van der Waals surface area contributed by atoms with Crippen LogP contribution in [0.2, 0.25) is 0 Å². The van der Waals surface area contributed by atoms with E-state index >= 15 is 0 Å². The van der Waals surface area contributed by atoms with Crippen molar-refractivity contribution in [3.8, 4) is 11.3 Å². The standard InChI is InChI=1S/C18H16N2O5S/c1-11-3-4-14(18(21)22)9-17(11)26(23,24)20-15-7-5-13(6-8-15)16-10-19-12(2)25-16/h3-10,20H,1-2H3,(H,21,22). The predicted molar refractivity (Wildman–Crippen MR) is 95.6 cm³/mol. The highest BCUT2D eigenvalue weighted by atomic mass is 32.2. The van der Waals surface area contributed by atoms with Crippen LogP contribution in [0.25, 0.3) is 11.3 Å². The van der Waals surface area contributed by atoms with Crippen molar-refractivity contribution in [1.82, 2.24) is 4.98 Å². The molecule has 0 unspecified atom stereocenters. The molecule has 0 saturated carbocycles. The number of benzene rings is 2. The quantitative estimate of drug-likeness (QED) is 0.710. The lowest BCUT2D eigenvalue weighted by Gasteiger charge is -2.11. The zero-order chi connectivity index (χ0) is 18.9. The molecule has 0 spiro atoms. The van der Waals surface area contributed by atoms with Gasteiger partial charge in [-0.05, 0) is 48.9 Å². The van der Waals surface area contributed by atoms with Gasteiger partial charge in [0.1, 0.15) is 0 Å². The summed E-state index contributed by atoms with van der Waals surface area (Å²) in [6.45, 7) is 3.34. The first-order valence-corrected chi connectivity index (χ1v) is 9.14. The number of aromatic nitrogens is 1. The summed E-state index contributed by atoms with van der Waals surface area (Å²) in [4.78, 5) is 15.0. The van der Waals surface area contributed by atoms with E-state index in [1.807, 2.05) is 0 Å². The summed E-state index contributed by atoms with van der Waals surface area (Å²) in [5, 5.41) is 9.07. The molecule has 0 radical (unpaired) electrons. The maximum absolute atomic E-state index is 12.6. The van der Waals surface area contributed by atoms with Gasteiger partial charge in [-0.25, -0.2) is 18.2 Å². The van der Waals surface area contributed by atoms with Crippen LogP contribution < -0.4 is 4.72 Å². The number of sulfonamides is 1. The molecule has 0 aliphatic rings. The Morgan fingerprint density at radius 2 is 1.81 bits per heavy atom. The molecule has 1 aromatic heterocycles. The van der Waals surface area contributed by atoms with Crippen LogP contribution in [0.4, 0.5) is 5.69 Å². The molecular formula is C18H16N2O5S. The van der Waals surface area contributed by atoms with Crippen LogP contribution in [-0.4, -0.2) is 24.5 Å². The Morgan fingerprint density at radius 3 is 2.38 bits per heavy atom. The highest BCUT2D eigenvalue weighted by molar-refractivity contribution is 7.92. The second-order valence-electron chi connectivity index (χ2n) is 5.71. The van der Waals surface area contributed by atoms with E-state index in [-0.39, 0.29) is 10.5 Å². The molecule has 0 saturated heterocycles. The minimum atomic E-state index is -3.92. The van der Waals surface area contributed by atoms with Gasteiger partial charge in [0, 0.05) is 18.2 Å². The zero-order valence-electron chi connectivity index (χ0n) is 14.1. The van der Waals surface area contributed by atoms with Gasteiger partial charge in [0.05, 0.1) is 16.7 Å². The number of anilines is 1. The molecule has 3 rings (SSSR count). The molecule has 0 fully saturated rings. The molecule has 0 atom stereocenters. The highest BCUT2D eigenvalue weighted by Crippen LogP contribution is 2.25. The second-order valence-corrected chi connectivity index (χ2v) is 7.36. The lowest BCUT2D eigenvalue weighted by Crippen LogP contribution is -2.15. The third-order valence-electron chi connectivity index (χ3n) is 3.77. The first-order chi connectivity index (χ1) is 12.3. The average molecular weight is 372 g/mol. The fraction of sp³-hybridized carbons (Fsp3) is 0.111. The fourth-order valence-corrected chi connectivity index (χ4v) is 3.76. The summed E-state index contributed by atoms with van der Waals surface area (Å²) in [6.07, 6.45) is 1.59. The van der Waals surface area contributed by atoms with Crippen LogP contribution in [0.3, 0.4) is 0 Å². The van der Waals surface area contributed by atoms with Gasteiger partial charge < -0.3 is 9.52 Å². The molecule has 0 amide bonds. The summed E-state index contributed by atoms with van der Waals surface area (Å²) >= 11 is 0. The molecule has 8 heteroatoms. The zero-order valence-corrected chi connectivity index (χ0v) is 14.9. The number of oxazole rings is 1. The molecule has 1 heterocycles. The van der Waals surface area contributed by atoms with Crippen LogP contribution in [0.5, 0.6) is 0 Å². The Bertz CT molecular complexity index is 1070. The molecular weight excluding hydrogens is 356 g/mol. The minimum Gasteiger partial charge on any atom is -0.478 e. The smallest absolute Gasteiger partial charge is 0.335 e. The number of rotatable bonds is 5. The normalized spacial score (nSPS) is 11.3. The summed E-state index contributed by atoms with van der Waals surface area (Å²) in [6, 6.07) is 10.6. The molecule has 3 aromatic rings. The van der Waals surface area contributed by atoms with E-state index in [1.165, 1.54) is 12.1 Å². The monoisotopic (exact) mass is 372 g/mol. The average Bonchev–Trinajstić information content (AvgIpc) is 3.01. The van der Waals surface area contributed by atoms with Crippen molar-refractivity contribution >= 4 is 21.7 Å². The number of aromatic carboxylic acids is 1. The molecule has 2 aromatic carbocycles. The van der Waals surface area contributed by atoms with Crippen LogP contribution in [-0.2, 0) is 10.0 Å². The van der Waals surface area contributed by atoms with Crippen molar-refractivity contribution in [2.24, 2.45) is 0 Å². The van der Waals surface area contributed by atoms with E-state index in [2.05, 4.69) is 9.71 Å². The van der Waals surface area contributed by atoms with Crippen molar-refractivity contribution in [3.63, 3.8) is 0 Å². The molecule has 134 valence electrons. The van der Waals surface area contributed by atoms with E-state index in [1.54, 1.807) is 44.3 Å². The summed E-state index contributed by atoms with van der Waals surface area (Å²) in [5.74, 6) is -0.0615. The number of carboxylic acids is 1. The van der Waals surface area contributed by atoms with Gasteiger partial charge in [0.25, 0.3) is 10.0 Å². The van der Waals surface area contributed by atoms with Gasteiger partial charge in [0.15, 0.2) is 11.7 Å². The number of carboxylic acid groups (broad SMARTS) is 1. The number of nitrogens with one attached hydrogen (secondary N) is 1. The number of carbonyl (C=O) groups is 1. The Hall–Kier alpha value is -3.13. The molecule has 0 bridgehead atoms. The number of hydrogen-bond donors (Lipinski definition) is 2. The number of nitrogens with zero attached hydrogens (tertiary/aromatic N) is 1. The third kappa shape index (κ3) is 3.60. The van der Waals surface area contributed by atoms with E-state index in [0.717, 1.165) is 11.6 Å². The fourth-order valence-electron chi connectivity index (χ4n) is 2.43. The molecule has 7 nitrogen and oxygen atoms in total. The van der Waals surface area contributed by atoms with E-state index < -0.39 is 16.0 Å². The largest absolute Gasteiger partial charge is 0.478 e. The van der Waals surface area contributed by atoms with Crippen molar-refractivity contribution in [1.29, 1.82) is 0 Å². The van der Waals surface area contributed by atoms with E-state index in [0.29, 0.717) is 22.9 Å². The van der Waals surface area contributed by atoms with Gasteiger partial charge in [-0.15, -0.1) is 0 Å². The van der Waals surface area contributed by atoms with Gasteiger partial charge in [0.2, 0.25) is 0 Å². The predicted octanol–water partition coefficient (Wildman–Crippen LogP) is 3.46. The maximum atomic E-state index is 12.6. The number of hydrogen-bond acceptors (Lipinski definition) is 5. The van der Waals surface area contributed by atoms with Crippen molar-refractivity contribution in [3.05, 3.63) is 65.7 Å². The Labute approximate surface area is 150 Å². The Balaban J connectivity index is 1.88. The number of aryl methyl sites for hydroxylation is 2. The maximum Gasteiger partial charge on any atom is 0.335 e. The van der Waals surface area contributed by atoms with Crippen molar-refractivity contribution < 1.29 is 22.7 Å². The lowest BCUT2D eigenvalue weighted by molar-refractivity contribution is 0.0696. The van der Waals surface area contributed by atoms with Crippen LogP contribution in [0.1, 0.15) is 21.8 Å². The summed E-state index contributed by atoms with van der Waals surface area (Å²) in [7, 11) is -3.92. The van der Waals surface area contributed by atoms with Gasteiger partial charge in [-0.3, -0.25) is 4.72 Å². The first kappa shape index (κ1) is 17.7. The lowest BCUT2D eigenvalue weighted by atomic mass is 10.1. The molecule has 2 N–H and O–H groups in total. The van der Waals surface area contributed by atoms with Crippen LogP contribution >= 0.6 is 0 Å².